The highest BCUT2D eigenvalue weighted by atomic mass is 35.5. The SMILES string of the molecule is CC[C@H](C)NC(=O)[C@@H](C)N(Cc1ccc(Cl)cc1Cl)C(=O)CN(C)S(=O)(=O)c1ccc(C)cc1. The Hall–Kier alpha value is -2.13. The molecule has 34 heavy (non-hydrogen) atoms. The topological polar surface area (TPSA) is 86.8 Å². The minimum absolute atomic E-state index is 0.0162. The number of benzene rings is 2. The molecule has 0 radical (unpaired) electrons. The molecule has 0 aromatic heterocycles. The van der Waals surface area contributed by atoms with E-state index in [4.69, 9.17) is 23.2 Å². The van der Waals surface area contributed by atoms with Crippen LogP contribution in [0.15, 0.2) is 47.4 Å². The molecule has 7 nitrogen and oxygen atoms in total. The standard InChI is InChI=1S/C24H31Cl2N3O4S/c1-6-17(3)27-24(31)18(4)29(14-19-9-10-20(25)13-22(19)26)23(30)15-28(5)34(32,33)21-11-7-16(2)8-12-21/h7-13,17-18H,6,14-15H2,1-5H3,(H,27,31)/t17-,18+/m0/s1. The minimum atomic E-state index is -3.90. The van der Waals surface area contributed by atoms with Gasteiger partial charge in [0.1, 0.15) is 6.04 Å². The van der Waals surface area contributed by atoms with E-state index in [1.54, 1.807) is 37.3 Å². The highest BCUT2D eigenvalue weighted by molar-refractivity contribution is 7.89. The number of amides is 2. The molecule has 2 aromatic carbocycles. The molecule has 0 fully saturated rings. The van der Waals surface area contributed by atoms with E-state index in [1.807, 2.05) is 20.8 Å². The van der Waals surface area contributed by atoms with Gasteiger partial charge >= 0.3 is 0 Å². The Kier molecular flexibility index (Phi) is 9.94. The second-order valence-corrected chi connectivity index (χ2v) is 11.2. The van der Waals surface area contributed by atoms with Crippen molar-refractivity contribution in [2.45, 2.75) is 57.6 Å². The number of aryl methyl sites for hydroxylation is 1. The van der Waals surface area contributed by atoms with Crippen LogP contribution in [0.3, 0.4) is 0 Å². The molecule has 0 aliphatic heterocycles. The summed E-state index contributed by atoms with van der Waals surface area (Å²) in [6.07, 6.45) is 0.729. The van der Waals surface area contributed by atoms with Crippen LogP contribution in [0.1, 0.15) is 38.3 Å². The number of nitrogens with zero attached hydrogens (tertiary/aromatic N) is 2. The van der Waals surface area contributed by atoms with Gasteiger partial charge < -0.3 is 10.2 Å². The fourth-order valence-corrected chi connectivity index (χ4v) is 4.73. The molecule has 2 atom stereocenters. The first-order valence-corrected chi connectivity index (χ1v) is 13.1. The first kappa shape index (κ1) is 28.1. The van der Waals surface area contributed by atoms with Gasteiger partial charge in [-0.15, -0.1) is 0 Å². The van der Waals surface area contributed by atoms with Gasteiger partial charge in [0.15, 0.2) is 0 Å². The third-order valence-corrected chi connectivity index (χ3v) is 8.02. The Balaban J connectivity index is 2.31. The molecule has 0 saturated heterocycles. The summed E-state index contributed by atoms with van der Waals surface area (Å²) in [6, 6.07) is 10.3. The largest absolute Gasteiger partial charge is 0.352 e. The molecule has 10 heteroatoms. The molecule has 0 bridgehead atoms. The molecule has 1 N–H and O–H groups in total. The maximum absolute atomic E-state index is 13.3. The highest BCUT2D eigenvalue weighted by Gasteiger charge is 2.31. The Labute approximate surface area is 212 Å². The molecule has 2 rings (SSSR count). The predicted octanol–water partition coefficient (Wildman–Crippen LogP) is 4.25. The third kappa shape index (κ3) is 7.18. The monoisotopic (exact) mass is 527 g/mol. The second kappa shape index (κ2) is 12.0. The third-order valence-electron chi connectivity index (χ3n) is 5.61. The van der Waals surface area contributed by atoms with Crippen LogP contribution in [-0.2, 0) is 26.2 Å². The zero-order valence-electron chi connectivity index (χ0n) is 20.0. The first-order valence-electron chi connectivity index (χ1n) is 10.9. The first-order chi connectivity index (χ1) is 15.9. The van der Waals surface area contributed by atoms with Crippen molar-refractivity contribution in [1.29, 1.82) is 0 Å². The summed E-state index contributed by atoms with van der Waals surface area (Å²) >= 11 is 12.3. The zero-order valence-corrected chi connectivity index (χ0v) is 22.3. The summed E-state index contributed by atoms with van der Waals surface area (Å²) < 4.78 is 26.9. The second-order valence-electron chi connectivity index (χ2n) is 8.33. The van der Waals surface area contributed by atoms with E-state index in [9.17, 15) is 18.0 Å². The van der Waals surface area contributed by atoms with Crippen molar-refractivity contribution < 1.29 is 18.0 Å². The lowest BCUT2D eigenvalue weighted by Gasteiger charge is -2.31. The molecule has 0 spiro atoms. The molecule has 0 aliphatic carbocycles. The van der Waals surface area contributed by atoms with Crippen LogP contribution in [-0.4, -0.2) is 55.1 Å². The van der Waals surface area contributed by atoms with Gasteiger partial charge in [0, 0.05) is 29.7 Å². The van der Waals surface area contributed by atoms with E-state index >= 15 is 0 Å². The lowest BCUT2D eigenvalue weighted by atomic mass is 10.1. The Bertz CT molecular complexity index is 1120. The number of sulfonamides is 1. The average Bonchev–Trinajstić information content (AvgIpc) is 2.78. The van der Waals surface area contributed by atoms with E-state index in [0.717, 1.165) is 16.3 Å². The summed E-state index contributed by atoms with van der Waals surface area (Å²) in [5.74, 6) is -0.868. The van der Waals surface area contributed by atoms with Crippen molar-refractivity contribution in [3.8, 4) is 0 Å². The van der Waals surface area contributed by atoms with Crippen LogP contribution in [0.4, 0.5) is 0 Å². The lowest BCUT2D eigenvalue weighted by Crippen LogP contribution is -2.51. The maximum atomic E-state index is 13.3. The molecular formula is C24H31Cl2N3O4S. The van der Waals surface area contributed by atoms with Crippen LogP contribution < -0.4 is 5.32 Å². The van der Waals surface area contributed by atoms with E-state index in [1.165, 1.54) is 24.1 Å². The number of hydrogen-bond acceptors (Lipinski definition) is 4. The van der Waals surface area contributed by atoms with Gasteiger partial charge in [-0.3, -0.25) is 9.59 Å². The predicted molar refractivity (Wildman–Crippen MR) is 135 cm³/mol. The smallest absolute Gasteiger partial charge is 0.243 e. The van der Waals surface area contributed by atoms with Crippen molar-refractivity contribution in [3.63, 3.8) is 0 Å². The van der Waals surface area contributed by atoms with Gasteiger partial charge in [-0.05, 0) is 57.0 Å². The molecule has 2 aromatic rings. The van der Waals surface area contributed by atoms with Crippen molar-refractivity contribution in [2.75, 3.05) is 13.6 Å². The number of nitrogens with one attached hydrogen (secondary N) is 1. The highest BCUT2D eigenvalue weighted by Crippen LogP contribution is 2.24. The summed E-state index contributed by atoms with van der Waals surface area (Å²) in [6.45, 7) is 6.85. The number of likely N-dealkylation sites (N-methyl/N-ethyl adjacent to an activating group) is 1. The number of hydrogen-bond donors (Lipinski definition) is 1. The van der Waals surface area contributed by atoms with Gasteiger partial charge in [0.2, 0.25) is 21.8 Å². The van der Waals surface area contributed by atoms with E-state index in [2.05, 4.69) is 5.32 Å². The van der Waals surface area contributed by atoms with E-state index < -0.39 is 28.5 Å². The van der Waals surface area contributed by atoms with Crippen molar-refractivity contribution >= 4 is 45.0 Å². The molecule has 0 unspecified atom stereocenters. The molecule has 186 valence electrons. The Morgan fingerprint density at radius 2 is 1.68 bits per heavy atom. The van der Waals surface area contributed by atoms with Crippen LogP contribution in [0, 0.1) is 6.92 Å². The van der Waals surface area contributed by atoms with Crippen molar-refractivity contribution in [3.05, 3.63) is 63.6 Å². The van der Waals surface area contributed by atoms with Gasteiger partial charge in [0.05, 0.1) is 11.4 Å². The van der Waals surface area contributed by atoms with Crippen molar-refractivity contribution in [1.82, 2.24) is 14.5 Å². The van der Waals surface area contributed by atoms with Crippen LogP contribution >= 0.6 is 23.2 Å². The van der Waals surface area contributed by atoms with Crippen LogP contribution in [0.5, 0.6) is 0 Å². The van der Waals surface area contributed by atoms with Gasteiger partial charge in [-0.25, -0.2) is 8.42 Å². The Morgan fingerprint density at radius 1 is 1.06 bits per heavy atom. The number of carbonyl (C=O) groups is 2. The minimum Gasteiger partial charge on any atom is -0.352 e. The molecular weight excluding hydrogens is 497 g/mol. The lowest BCUT2D eigenvalue weighted by molar-refractivity contribution is -0.140. The van der Waals surface area contributed by atoms with Gasteiger partial charge in [0.25, 0.3) is 0 Å². The molecule has 2 amide bonds. The summed E-state index contributed by atoms with van der Waals surface area (Å²) in [4.78, 5) is 27.6. The van der Waals surface area contributed by atoms with Crippen LogP contribution in [0.2, 0.25) is 10.0 Å². The Morgan fingerprint density at radius 3 is 2.24 bits per heavy atom. The van der Waals surface area contributed by atoms with Gasteiger partial charge in [-0.1, -0.05) is 53.9 Å². The molecule has 0 heterocycles. The fourth-order valence-electron chi connectivity index (χ4n) is 3.14. The summed E-state index contributed by atoms with van der Waals surface area (Å²) in [5, 5.41) is 3.66. The van der Waals surface area contributed by atoms with Gasteiger partial charge in [-0.2, -0.15) is 4.31 Å². The van der Waals surface area contributed by atoms with E-state index in [-0.39, 0.29) is 23.4 Å². The van der Waals surface area contributed by atoms with Crippen molar-refractivity contribution in [2.24, 2.45) is 0 Å². The maximum Gasteiger partial charge on any atom is 0.243 e. The molecule has 0 saturated carbocycles. The summed E-state index contributed by atoms with van der Waals surface area (Å²) in [5.41, 5.74) is 1.51. The van der Waals surface area contributed by atoms with E-state index in [0.29, 0.717) is 15.6 Å². The quantitative estimate of drug-likeness (QED) is 0.500. The fraction of sp³-hybridized carbons (Fsp3) is 0.417. The average molecular weight is 529 g/mol. The normalized spacial score (nSPS) is 13.4. The molecule has 0 aliphatic rings. The number of halogens is 2. The number of carbonyl (C=O) groups excluding carboxylic acids is 2. The number of rotatable bonds is 10. The van der Waals surface area contributed by atoms with Crippen LogP contribution in [0.25, 0.3) is 0 Å². The zero-order chi connectivity index (χ0) is 25.6. The summed E-state index contributed by atoms with van der Waals surface area (Å²) in [7, 11) is -2.56.